The molecule has 0 radical (unpaired) electrons. The smallest absolute Gasteiger partial charge is 0.119 e. The molecule has 2 rings (SSSR count). The molecule has 1 atom stereocenters. The summed E-state index contributed by atoms with van der Waals surface area (Å²) in [4.78, 5) is 0. The average molecular weight is 283 g/mol. The lowest BCUT2D eigenvalue weighted by molar-refractivity contribution is 0.340. The number of hydrogen-bond donors (Lipinski definition) is 1. The molecule has 1 fully saturated rings. The second kappa shape index (κ2) is 7.97. The predicted molar refractivity (Wildman–Crippen MR) is 82.9 cm³/mol. The van der Waals surface area contributed by atoms with Crippen LogP contribution < -0.4 is 10.1 Å². The maximum absolute atomic E-state index is 5.51. The zero-order chi connectivity index (χ0) is 12.6. The SMILES string of the molecule is CCOc1cccc(CNCC2CSCCS2)c1. The van der Waals surface area contributed by atoms with Gasteiger partial charge in [-0.3, -0.25) is 0 Å². The Balaban J connectivity index is 1.73. The molecule has 4 heteroatoms. The lowest BCUT2D eigenvalue weighted by Crippen LogP contribution is -2.28. The van der Waals surface area contributed by atoms with Crippen LogP contribution in [0.1, 0.15) is 12.5 Å². The third-order valence-corrected chi connectivity index (χ3v) is 5.64. The van der Waals surface area contributed by atoms with E-state index in [0.29, 0.717) is 0 Å². The van der Waals surface area contributed by atoms with Crippen molar-refractivity contribution in [3.63, 3.8) is 0 Å². The van der Waals surface area contributed by atoms with E-state index in [2.05, 4.69) is 47.0 Å². The van der Waals surface area contributed by atoms with Crippen molar-refractivity contribution in [2.75, 3.05) is 30.4 Å². The van der Waals surface area contributed by atoms with Crippen molar-refractivity contribution < 1.29 is 4.74 Å². The fraction of sp³-hybridized carbons (Fsp3) is 0.571. The molecule has 0 bridgehead atoms. The molecule has 1 heterocycles. The summed E-state index contributed by atoms with van der Waals surface area (Å²) in [6.45, 7) is 4.79. The Morgan fingerprint density at radius 2 is 2.33 bits per heavy atom. The Labute approximate surface area is 118 Å². The molecule has 1 aromatic carbocycles. The Kier molecular flexibility index (Phi) is 6.24. The fourth-order valence-electron chi connectivity index (χ4n) is 1.94. The van der Waals surface area contributed by atoms with Crippen LogP contribution in [0.25, 0.3) is 0 Å². The quantitative estimate of drug-likeness (QED) is 0.866. The predicted octanol–water partition coefficient (Wildman–Crippen LogP) is 3.02. The molecule has 0 spiro atoms. The van der Waals surface area contributed by atoms with Crippen LogP contribution in [0.2, 0.25) is 0 Å². The van der Waals surface area contributed by atoms with Gasteiger partial charge >= 0.3 is 0 Å². The second-order valence-corrected chi connectivity index (χ2v) is 6.84. The third-order valence-electron chi connectivity index (χ3n) is 2.80. The van der Waals surface area contributed by atoms with E-state index in [9.17, 15) is 0 Å². The first-order valence-electron chi connectivity index (χ1n) is 6.50. The molecule has 0 aromatic heterocycles. The summed E-state index contributed by atoms with van der Waals surface area (Å²) in [5, 5.41) is 4.33. The second-order valence-electron chi connectivity index (χ2n) is 4.28. The van der Waals surface area contributed by atoms with Crippen LogP contribution >= 0.6 is 23.5 Å². The number of nitrogens with one attached hydrogen (secondary N) is 1. The van der Waals surface area contributed by atoms with Gasteiger partial charge in [-0.1, -0.05) is 12.1 Å². The molecule has 1 aliphatic rings. The van der Waals surface area contributed by atoms with Gasteiger partial charge in [-0.2, -0.15) is 23.5 Å². The van der Waals surface area contributed by atoms with Crippen molar-refractivity contribution in [2.24, 2.45) is 0 Å². The first kappa shape index (κ1) is 14.1. The van der Waals surface area contributed by atoms with E-state index >= 15 is 0 Å². The van der Waals surface area contributed by atoms with Crippen LogP contribution in [-0.4, -0.2) is 35.7 Å². The van der Waals surface area contributed by atoms with E-state index in [4.69, 9.17) is 4.74 Å². The highest BCUT2D eigenvalue weighted by atomic mass is 32.2. The monoisotopic (exact) mass is 283 g/mol. The minimum absolute atomic E-state index is 0.729. The lowest BCUT2D eigenvalue weighted by atomic mass is 10.2. The summed E-state index contributed by atoms with van der Waals surface area (Å²) in [6, 6.07) is 8.35. The van der Waals surface area contributed by atoms with Crippen molar-refractivity contribution >= 4 is 23.5 Å². The number of rotatable bonds is 6. The van der Waals surface area contributed by atoms with Crippen molar-refractivity contribution in [2.45, 2.75) is 18.7 Å². The van der Waals surface area contributed by atoms with Crippen LogP contribution in [0, 0.1) is 0 Å². The molecule has 1 unspecified atom stereocenters. The van der Waals surface area contributed by atoms with Gasteiger partial charge < -0.3 is 10.1 Å². The summed E-state index contributed by atoms with van der Waals surface area (Å²) in [5.74, 6) is 4.88. The van der Waals surface area contributed by atoms with Gasteiger partial charge in [0.1, 0.15) is 5.75 Å². The molecular weight excluding hydrogens is 262 g/mol. The first-order chi connectivity index (χ1) is 8.88. The molecule has 18 heavy (non-hydrogen) atoms. The van der Waals surface area contributed by atoms with E-state index in [0.717, 1.165) is 30.7 Å². The van der Waals surface area contributed by atoms with Gasteiger partial charge in [0, 0.05) is 35.6 Å². The van der Waals surface area contributed by atoms with E-state index in [1.54, 1.807) is 0 Å². The number of hydrogen-bond acceptors (Lipinski definition) is 4. The van der Waals surface area contributed by atoms with Crippen LogP contribution in [0.15, 0.2) is 24.3 Å². The van der Waals surface area contributed by atoms with Gasteiger partial charge in [0.05, 0.1) is 6.61 Å². The third kappa shape index (κ3) is 4.75. The number of thioether (sulfide) groups is 2. The molecule has 0 saturated carbocycles. The maximum atomic E-state index is 5.51. The summed E-state index contributed by atoms with van der Waals surface area (Å²) in [7, 11) is 0. The molecule has 2 nitrogen and oxygen atoms in total. The molecule has 1 aliphatic heterocycles. The van der Waals surface area contributed by atoms with E-state index in [1.165, 1.54) is 22.8 Å². The molecular formula is C14H21NOS2. The molecule has 1 saturated heterocycles. The molecule has 1 aromatic rings. The standard InChI is InChI=1S/C14H21NOS2/c1-2-16-13-5-3-4-12(8-13)9-15-10-14-11-17-6-7-18-14/h3-5,8,14-15H,2,6-7,9-11H2,1H3. The molecule has 100 valence electrons. The Hall–Kier alpha value is -0.320. The zero-order valence-corrected chi connectivity index (χ0v) is 12.5. The first-order valence-corrected chi connectivity index (χ1v) is 8.70. The summed E-state index contributed by atoms with van der Waals surface area (Å²) in [5.41, 5.74) is 1.30. The number of benzene rings is 1. The highest BCUT2D eigenvalue weighted by Crippen LogP contribution is 2.23. The maximum Gasteiger partial charge on any atom is 0.119 e. The minimum atomic E-state index is 0.729. The number of ether oxygens (including phenoxy) is 1. The van der Waals surface area contributed by atoms with Gasteiger partial charge in [-0.05, 0) is 24.6 Å². The van der Waals surface area contributed by atoms with Gasteiger partial charge in [0.15, 0.2) is 0 Å². The van der Waals surface area contributed by atoms with Gasteiger partial charge in [-0.15, -0.1) is 0 Å². The van der Waals surface area contributed by atoms with Crippen LogP contribution in [0.5, 0.6) is 5.75 Å². The van der Waals surface area contributed by atoms with Crippen molar-refractivity contribution in [3.8, 4) is 5.75 Å². The van der Waals surface area contributed by atoms with Crippen LogP contribution in [-0.2, 0) is 6.54 Å². The Morgan fingerprint density at radius 1 is 1.39 bits per heavy atom. The van der Waals surface area contributed by atoms with Crippen molar-refractivity contribution in [1.29, 1.82) is 0 Å². The lowest BCUT2D eigenvalue weighted by Gasteiger charge is -2.21. The highest BCUT2D eigenvalue weighted by molar-refractivity contribution is 8.06. The van der Waals surface area contributed by atoms with Crippen LogP contribution in [0.3, 0.4) is 0 Å². The van der Waals surface area contributed by atoms with Crippen molar-refractivity contribution in [1.82, 2.24) is 5.32 Å². The van der Waals surface area contributed by atoms with Gasteiger partial charge in [-0.25, -0.2) is 0 Å². The molecule has 1 N–H and O–H groups in total. The average Bonchev–Trinajstić information content (AvgIpc) is 2.41. The van der Waals surface area contributed by atoms with E-state index in [1.807, 2.05) is 13.0 Å². The zero-order valence-electron chi connectivity index (χ0n) is 10.9. The topological polar surface area (TPSA) is 21.3 Å². The largest absolute Gasteiger partial charge is 0.494 e. The summed E-state index contributed by atoms with van der Waals surface area (Å²) in [6.07, 6.45) is 0. The minimum Gasteiger partial charge on any atom is -0.494 e. The van der Waals surface area contributed by atoms with Gasteiger partial charge in [0.2, 0.25) is 0 Å². The van der Waals surface area contributed by atoms with Gasteiger partial charge in [0.25, 0.3) is 0 Å². The van der Waals surface area contributed by atoms with E-state index in [-0.39, 0.29) is 0 Å². The summed E-state index contributed by atoms with van der Waals surface area (Å²) < 4.78 is 5.51. The molecule has 0 aliphatic carbocycles. The van der Waals surface area contributed by atoms with Crippen molar-refractivity contribution in [3.05, 3.63) is 29.8 Å². The summed E-state index contributed by atoms with van der Waals surface area (Å²) >= 11 is 4.18. The normalized spacial score (nSPS) is 19.7. The van der Waals surface area contributed by atoms with E-state index < -0.39 is 0 Å². The Bertz CT molecular complexity index is 353. The van der Waals surface area contributed by atoms with Crippen LogP contribution in [0.4, 0.5) is 0 Å². The molecule has 0 amide bonds. The fourth-order valence-corrected chi connectivity index (χ4v) is 4.59. The highest BCUT2D eigenvalue weighted by Gasteiger charge is 2.13. The Morgan fingerprint density at radius 3 is 3.11 bits per heavy atom.